The number of hydrogen-bond donors (Lipinski definition) is 3. The van der Waals surface area contributed by atoms with Crippen molar-refractivity contribution in [2.75, 3.05) is 40.0 Å². The van der Waals surface area contributed by atoms with Gasteiger partial charge in [0.1, 0.15) is 23.7 Å². The van der Waals surface area contributed by atoms with Crippen LogP contribution in [0.15, 0.2) is 91.1 Å². The zero-order valence-electron chi connectivity index (χ0n) is 39.0. The number of carbonyl (C=O) groups excluding carboxylic acids is 3. The lowest BCUT2D eigenvalue weighted by Gasteiger charge is -2.41. The molecule has 3 saturated heterocycles. The summed E-state index contributed by atoms with van der Waals surface area (Å²) >= 11 is 0. The van der Waals surface area contributed by atoms with Crippen LogP contribution in [0.3, 0.4) is 0 Å². The van der Waals surface area contributed by atoms with Crippen molar-refractivity contribution in [2.24, 2.45) is 17.3 Å². The third kappa shape index (κ3) is 7.42. The Labute approximate surface area is 399 Å². The largest absolute Gasteiger partial charge is 0.453 e. The molecule has 2 aromatic heterocycles. The molecule has 356 valence electrons. The molecule has 15 heteroatoms. The van der Waals surface area contributed by atoms with E-state index in [1.165, 1.54) is 7.11 Å². The minimum Gasteiger partial charge on any atom is -0.453 e. The van der Waals surface area contributed by atoms with Gasteiger partial charge in [-0.25, -0.2) is 14.8 Å². The quantitative estimate of drug-likeness (QED) is 0.123. The number of alkyl carbamates (subject to hydrolysis) is 1. The molecule has 6 aliphatic rings. The Balaban J connectivity index is 0.799. The monoisotopic (exact) mass is 934 g/mol. The van der Waals surface area contributed by atoms with Crippen molar-refractivity contribution < 1.29 is 32.6 Å². The lowest BCUT2D eigenvalue weighted by Crippen LogP contribution is -2.51. The van der Waals surface area contributed by atoms with E-state index in [4.69, 9.17) is 19.4 Å². The Morgan fingerprint density at radius 2 is 1.57 bits per heavy atom. The highest BCUT2D eigenvalue weighted by Crippen LogP contribution is 2.59. The van der Waals surface area contributed by atoms with Crippen molar-refractivity contribution in [3.05, 3.63) is 119 Å². The molecule has 6 atom stereocenters. The van der Waals surface area contributed by atoms with E-state index in [2.05, 4.69) is 25.1 Å². The van der Waals surface area contributed by atoms with Gasteiger partial charge in [0.05, 0.1) is 55.3 Å². The van der Waals surface area contributed by atoms with Crippen molar-refractivity contribution in [3.63, 3.8) is 0 Å². The number of H-pyrrole nitrogens is 2. The minimum atomic E-state index is -3.27. The topological polar surface area (TPSA) is 149 Å². The van der Waals surface area contributed by atoms with E-state index in [1.54, 1.807) is 30.5 Å². The predicted octanol–water partition coefficient (Wildman–Crippen LogP) is 9.30. The summed E-state index contributed by atoms with van der Waals surface area (Å²) in [5.41, 5.74) is 5.98. The summed E-state index contributed by atoms with van der Waals surface area (Å²) in [6, 6.07) is 24.7. The molecule has 2 saturated carbocycles. The number of carbonyl (C=O) groups is 3. The maximum Gasteiger partial charge on any atom is 0.407 e. The molecule has 5 heterocycles. The average molecular weight is 935 g/mol. The third-order valence-electron chi connectivity index (χ3n) is 16.1. The van der Waals surface area contributed by atoms with Crippen LogP contribution in [0.4, 0.5) is 13.6 Å². The molecule has 0 unspecified atom stereocenters. The van der Waals surface area contributed by atoms with Crippen molar-refractivity contribution in [1.82, 2.24) is 40.0 Å². The summed E-state index contributed by atoms with van der Waals surface area (Å²) in [4.78, 5) is 64.0. The van der Waals surface area contributed by atoms with Crippen LogP contribution in [0, 0.1) is 17.3 Å². The van der Waals surface area contributed by atoms with Gasteiger partial charge in [0, 0.05) is 42.4 Å². The maximum atomic E-state index is 16.8. The molecule has 5 fully saturated rings. The van der Waals surface area contributed by atoms with Gasteiger partial charge in [0.25, 0.3) is 5.92 Å². The average Bonchev–Trinajstić information content (AvgIpc) is 4.03. The fourth-order valence-corrected chi connectivity index (χ4v) is 12.3. The lowest BCUT2D eigenvalue weighted by atomic mass is 9.95. The number of nitrogens with one attached hydrogen (secondary N) is 3. The lowest BCUT2D eigenvalue weighted by molar-refractivity contribution is -0.144. The number of likely N-dealkylation sites (tertiary alicyclic amines) is 2. The number of methoxy groups -OCH3 is 1. The molecule has 4 aromatic carbocycles. The van der Waals surface area contributed by atoms with Crippen LogP contribution in [0.2, 0.25) is 0 Å². The molecule has 6 aromatic rings. The van der Waals surface area contributed by atoms with E-state index in [0.717, 1.165) is 66.5 Å². The summed E-state index contributed by atoms with van der Waals surface area (Å²) in [7, 11) is 1.27. The molecule has 12 rings (SSSR count). The van der Waals surface area contributed by atoms with E-state index < -0.39 is 24.1 Å². The summed E-state index contributed by atoms with van der Waals surface area (Å²) in [6.45, 7) is 6.88. The number of amides is 3. The van der Waals surface area contributed by atoms with E-state index in [9.17, 15) is 14.4 Å². The van der Waals surface area contributed by atoms with Crippen LogP contribution >= 0.6 is 0 Å². The first kappa shape index (κ1) is 43.8. The highest BCUT2D eigenvalue weighted by molar-refractivity contribution is 5.89. The van der Waals surface area contributed by atoms with Gasteiger partial charge in [-0.15, -0.1) is 0 Å². The number of benzene rings is 4. The first-order chi connectivity index (χ1) is 33.4. The van der Waals surface area contributed by atoms with Crippen LogP contribution < -0.4 is 5.32 Å². The molecule has 13 nitrogen and oxygen atoms in total. The van der Waals surface area contributed by atoms with E-state index in [1.807, 2.05) is 79.4 Å². The van der Waals surface area contributed by atoms with Gasteiger partial charge in [0.2, 0.25) is 11.8 Å². The number of morpholine rings is 1. The zero-order valence-corrected chi connectivity index (χ0v) is 39.0. The molecule has 3 amide bonds. The number of halogens is 2. The highest BCUT2D eigenvalue weighted by atomic mass is 19.3. The van der Waals surface area contributed by atoms with Gasteiger partial charge in [-0.05, 0) is 108 Å². The standard InChI is InChI=1S/C54H56F2N8O5/c1-30(2)45(61-52(67)68-3)50(65)63-29-53(17-18-53)27-44(63)48-57-28-43(60-48)34-11-15-38-37-14-10-32(24-39(37)54(55,56)40(38)25-34)33-12-16-41-42(26-33)59-49(58-41)46-35-9-13-36(23-35)64(46)51(66)47(31-7-5-4-6-8-31)62-19-21-69-22-20-62/h4-8,10-12,14-16,24-26,28,30,35-36,44-47H,9,13,17-23,27,29H2,1-3H3,(H,57,60)(H,58,59)(H,61,67)/t35-,36+,44-,45-,46-,47-/m0/s1. The second-order valence-electron chi connectivity index (χ2n) is 20.6. The van der Waals surface area contributed by atoms with Gasteiger partial charge in [-0.3, -0.25) is 14.5 Å². The van der Waals surface area contributed by atoms with Crippen LogP contribution in [0.5, 0.6) is 0 Å². The molecular weight excluding hydrogens is 879 g/mol. The van der Waals surface area contributed by atoms with Crippen molar-refractivity contribution in [3.8, 4) is 33.5 Å². The summed E-state index contributed by atoms with van der Waals surface area (Å²) in [5, 5.41) is 2.71. The number of hydrogen-bond acceptors (Lipinski definition) is 8. The SMILES string of the molecule is COC(=O)N[C@H](C(=O)N1CC2(CC2)C[C@H]1c1ncc(-c2ccc3c(c2)C(F)(F)c2cc(-c4ccc5nc([C@@H]6[C@H]7CC[C@H](C7)N6C(=O)[C@H](c6ccccc6)N6CCOCC6)[nH]c5c4)ccc2-3)[nH]1)C(C)C. The van der Waals surface area contributed by atoms with Crippen LogP contribution in [0.1, 0.15) is 98.8 Å². The molecule has 3 aliphatic heterocycles. The second kappa shape index (κ2) is 16.6. The van der Waals surface area contributed by atoms with Crippen molar-refractivity contribution in [1.29, 1.82) is 0 Å². The molecule has 69 heavy (non-hydrogen) atoms. The van der Waals surface area contributed by atoms with Gasteiger partial charge >= 0.3 is 6.09 Å². The number of rotatable bonds is 10. The number of aromatic nitrogens is 4. The fraction of sp³-hybridized carbons (Fsp3) is 0.426. The predicted molar refractivity (Wildman–Crippen MR) is 255 cm³/mol. The van der Waals surface area contributed by atoms with Gasteiger partial charge < -0.3 is 34.6 Å². The number of imidazole rings is 2. The number of aromatic amines is 2. The van der Waals surface area contributed by atoms with Crippen molar-refractivity contribution >= 4 is 28.9 Å². The molecular formula is C54H56F2N8O5. The van der Waals surface area contributed by atoms with E-state index in [-0.39, 0.29) is 52.4 Å². The Kier molecular flexibility index (Phi) is 10.5. The van der Waals surface area contributed by atoms with Crippen molar-refractivity contribution in [2.45, 2.75) is 88.5 Å². The Hall–Kier alpha value is -6.45. The maximum absolute atomic E-state index is 16.8. The first-order valence-electron chi connectivity index (χ1n) is 24.5. The number of piperidine rings is 1. The Bertz CT molecular complexity index is 3000. The minimum absolute atomic E-state index is 0.0166. The molecule has 2 bridgehead atoms. The van der Waals surface area contributed by atoms with Crippen LogP contribution in [-0.4, -0.2) is 105 Å². The third-order valence-corrected chi connectivity index (χ3v) is 16.1. The number of fused-ring (bicyclic) bond motifs is 6. The smallest absolute Gasteiger partial charge is 0.407 e. The van der Waals surface area contributed by atoms with E-state index in [0.29, 0.717) is 72.5 Å². The zero-order chi connectivity index (χ0) is 47.3. The number of nitrogens with zero attached hydrogens (tertiary/aromatic N) is 5. The van der Waals surface area contributed by atoms with Crippen LogP contribution in [0.25, 0.3) is 44.5 Å². The summed E-state index contributed by atoms with van der Waals surface area (Å²) in [5.74, 6) is -1.89. The molecule has 3 aliphatic carbocycles. The van der Waals surface area contributed by atoms with Gasteiger partial charge in [0.15, 0.2) is 0 Å². The fourth-order valence-electron chi connectivity index (χ4n) is 12.3. The summed E-state index contributed by atoms with van der Waals surface area (Å²) < 4.78 is 44.1. The molecule has 0 radical (unpaired) electrons. The molecule has 3 N–H and O–H groups in total. The summed E-state index contributed by atoms with van der Waals surface area (Å²) in [6.07, 6.45) is 6.69. The van der Waals surface area contributed by atoms with Gasteiger partial charge in [-0.1, -0.05) is 74.5 Å². The van der Waals surface area contributed by atoms with E-state index >= 15 is 8.78 Å². The Morgan fingerprint density at radius 3 is 2.29 bits per heavy atom. The first-order valence-corrected chi connectivity index (χ1v) is 24.5. The van der Waals surface area contributed by atoms with Gasteiger partial charge in [-0.2, -0.15) is 8.78 Å². The highest BCUT2D eigenvalue weighted by Gasteiger charge is 2.56. The number of alkyl halides is 2. The number of ether oxygens (including phenoxy) is 2. The second-order valence-corrected chi connectivity index (χ2v) is 20.6. The molecule has 1 spiro atoms. The normalized spacial score (nSPS) is 23.9. The van der Waals surface area contributed by atoms with Crippen LogP contribution in [-0.2, 0) is 25.0 Å². The Morgan fingerprint density at radius 1 is 0.855 bits per heavy atom.